The quantitative estimate of drug-likeness (QED) is 0.273. The van der Waals surface area contributed by atoms with E-state index < -0.39 is 0 Å². The van der Waals surface area contributed by atoms with Crippen molar-refractivity contribution in [3.05, 3.63) is 59.9 Å². The third-order valence-corrected chi connectivity index (χ3v) is 3.62. The molecule has 7 nitrogen and oxygen atoms in total. The minimum Gasteiger partial charge on any atom is -0.461 e. The first-order valence-electron chi connectivity index (χ1n) is 8.46. The molecule has 0 saturated heterocycles. The van der Waals surface area contributed by atoms with Crippen LogP contribution < -0.4 is 10.6 Å². The number of benzene rings is 1. The number of aromatic amines is 1. The number of H-pyrrole nitrogens is 1. The van der Waals surface area contributed by atoms with E-state index in [0.29, 0.717) is 36.5 Å². The molecule has 0 amide bonds. The number of aliphatic imine (C=N–C) groups is 1. The third-order valence-electron chi connectivity index (χ3n) is 3.62. The number of nitrogens with zero attached hydrogens (tertiary/aromatic N) is 3. The minimum absolute atomic E-state index is 0. The van der Waals surface area contributed by atoms with Crippen LogP contribution in [0.3, 0.4) is 0 Å². The summed E-state index contributed by atoms with van der Waals surface area (Å²) in [5.74, 6) is 2.23. The predicted molar refractivity (Wildman–Crippen MR) is 112 cm³/mol. The van der Waals surface area contributed by atoms with Gasteiger partial charge in [0, 0.05) is 13.1 Å². The lowest BCUT2D eigenvalue weighted by Crippen LogP contribution is -2.38. The lowest BCUT2D eigenvalue weighted by molar-refractivity contribution is 0.577. The molecule has 0 spiro atoms. The maximum absolute atomic E-state index is 12.9. The highest BCUT2D eigenvalue weighted by Gasteiger charge is 2.08. The molecule has 0 fully saturated rings. The highest BCUT2D eigenvalue weighted by Crippen LogP contribution is 2.14. The molecule has 1 aromatic carbocycles. The van der Waals surface area contributed by atoms with E-state index in [1.54, 1.807) is 30.5 Å². The van der Waals surface area contributed by atoms with Crippen molar-refractivity contribution in [3.8, 4) is 11.6 Å². The van der Waals surface area contributed by atoms with Crippen molar-refractivity contribution in [2.75, 3.05) is 13.1 Å². The van der Waals surface area contributed by atoms with Gasteiger partial charge in [0.25, 0.3) is 0 Å². The van der Waals surface area contributed by atoms with Gasteiger partial charge in [0.05, 0.1) is 6.26 Å². The summed E-state index contributed by atoms with van der Waals surface area (Å²) in [6.45, 7) is 3.79. The van der Waals surface area contributed by atoms with Gasteiger partial charge < -0.3 is 15.1 Å². The molecular formula is C18H22FIN6O. The van der Waals surface area contributed by atoms with Gasteiger partial charge in [-0.1, -0.05) is 12.1 Å². The normalized spacial score (nSPS) is 11.1. The van der Waals surface area contributed by atoms with Crippen molar-refractivity contribution in [2.24, 2.45) is 4.99 Å². The standard InChI is InChI=1S/C18H21FN6O.HI/c1-2-20-18(21-10-9-13-5-7-14(19)8-6-13)22-12-16-23-17(25-24-16)15-4-3-11-26-15;/h3-8,11H,2,9-10,12H2,1H3,(H2,20,21,22)(H,23,24,25);1H. The zero-order valence-electron chi connectivity index (χ0n) is 14.9. The second-order valence-electron chi connectivity index (χ2n) is 5.58. The lowest BCUT2D eigenvalue weighted by Gasteiger charge is -2.10. The molecule has 144 valence electrons. The maximum Gasteiger partial charge on any atom is 0.216 e. The van der Waals surface area contributed by atoms with E-state index in [1.807, 2.05) is 6.92 Å². The predicted octanol–water partition coefficient (Wildman–Crippen LogP) is 3.12. The van der Waals surface area contributed by atoms with Crippen LogP contribution >= 0.6 is 24.0 Å². The Morgan fingerprint density at radius 3 is 2.74 bits per heavy atom. The Morgan fingerprint density at radius 2 is 2.04 bits per heavy atom. The molecule has 0 bridgehead atoms. The van der Waals surface area contributed by atoms with Crippen molar-refractivity contribution >= 4 is 29.9 Å². The number of guanidine groups is 1. The summed E-state index contributed by atoms with van der Waals surface area (Å²) in [6, 6.07) is 10.1. The van der Waals surface area contributed by atoms with Gasteiger partial charge in [-0.05, 0) is 43.2 Å². The van der Waals surface area contributed by atoms with Crippen molar-refractivity contribution in [3.63, 3.8) is 0 Å². The number of nitrogens with one attached hydrogen (secondary N) is 3. The molecule has 3 N–H and O–H groups in total. The van der Waals surface area contributed by atoms with Gasteiger partial charge in [0.15, 0.2) is 11.7 Å². The topological polar surface area (TPSA) is 91.1 Å². The van der Waals surface area contributed by atoms with Gasteiger partial charge in [-0.3, -0.25) is 5.10 Å². The molecule has 0 atom stereocenters. The van der Waals surface area contributed by atoms with Gasteiger partial charge in [0.1, 0.15) is 18.2 Å². The first-order chi connectivity index (χ1) is 12.7. The van der Waals surface area contributed by atoms with E-state index in [9.17, 15) is 4.39 Å². The van der Waals surface area contributed by atoms with Crippen molar-refractivity contribution in [1.29, 1.82) is 0 Å². The molecular weight excluding hydrogens is 462 g/mol. The van der Waals surface area contributed by atoms with Crippen LogP contribution in [-0.2, 0) is 13.0 Å². The molecule has 2 heterocycles. The summed E-state index contributed by atoms with van der Waals surface area (Å²) in [5.41, 5.74) is 1.06. The van der Waals surface area contributed by atoms with Crippen LogP contribution in [0.4, 0.5) is 4.39 Å². The third kappa shape index (κ3) is 6.35. The van der Waals surface area contributed by atoms with Crippen LogP contribution in [-0.4, -0.2) is 34.2 Å². The largest absolute Gasteiger partial charge is 0.461 e. The van der Waals surface area contributed by atoms with E-state index in [2.05, 4.69) is 30.8 Å². The summed E-state index contributed by atoms with van der Waals surface area (Å²) in [7, 11) is 0. The van der Waals surface area contributed by atoms with Crippen LogP contribution in [0.2, 0.25) is 0 Å². The summed E-state index contributed by atoms with van der Waals surface area (Å²) < 4.78 is 18.2. The number of rotatable bonds is 7. The molecule has 9 heteroatoms. The van der Waals surface area contributed by atoms with Crippen molar-refractivity contribution in [2.45, 2.75) is 19.9 Å². The average molecular weight is 484 g/mol. The highest BCUT2D eigenvalue weighted by atomic mass is 127. The summed E-state index contributed by atoms with van der Waals surface area (Å²) in [5, 5.41) is 13.4. The second kappa shape index (κ2) is 10.7. The molecule has 3 aromatic rings. The fraction of sp³-hybridized carbons (Fsp3) is 0.278. The van der Waals surface area contributed by atoms with E-state index >= 15 is 0 Å². The Hall–Kier alpha value is -2.43. The Balaban J connectivity index is 0.00000261. The number of halogens is 2. The first kappa shape index (κ1) is 20.9. The summed E-state index contributed by atoms with van der Waals surface area (Å²) >= 11 is 0. The van der Waals surface area contributed by atoms with Crippen molar-refractivity contribution in [1.82, 2.24) is 25.8 Å². The van der Waals surface area contributed by atoms with E-state index in [-0.39, 0.29) is 29.8 Å². The van der Waals surface area contributed by atoms with Crippen LogP contribution in [0.1, 0.15) is 18.3 Å². The summed E-state index contributed by atoms with van der Waals surface area (Å²) in [6.07, 6.45) is 2.35. The van der Waals surface area contributed by atoms with Crippen LogP contribution in [0, 0.1) is 5.82 Å². The molecule has 0 aliphatic heterocycles. The zero-order valence-corrected chi connectivity index (χ0v) is 17.2. The second-order valence-corrected chi connectivity index (χ2v) is 5.58. The number of furan rings is 1. The Labute approximate surface area is 173 Å². The fourth-order valence-corrected chi connectivity index (χ4v) is 2.35. The van der Waals surface area contributed by atoms with Gasteiger partial charge >= 0.3 is 0 Å². The first-order valence-corrected chi connectivity index (χ1v) is 8.46. The fourth-order valence-electron chi connectivity index (χ4n) is 2.35. The van der Waals surface area contributed by atoms with Crippen molar-refractivity contribution < 1.29 is 8.81 Å². The van der Waals surface area contributed by atoms with Gasteiger partial charge in [0.2, 0.25) is 5.82 Å². The van der Waals surface area contributed by atoms with Crippen LogP contribution in [0.15, 0.2) is 52.1 Å². The SMILES string of the molecule is CCNC(=NCc1nc(-c2ccco2)n[nH]1)NCCc1ccc(F)cc1.I. The minimum atomic E-state index is -0.224. The Bertz CT molecular complexity index is 832. The van der Waals surface area contributed by atoms with E-state index in [0.717, 1.165) is 18.5 Å². The zero-order chi connectivity index (χ0) is 18.2. The van der Waals surface area contributed by atoms with Crippen LogP contribution in [0.25, 0.3) is 11.6 Å². The van der Waals surface area contributed by atoms with Crippen LogP contribution in [0.5, 0.6) is 0 Å². The Kier molecular flexibility index (Phi) is 8.24. The Morgan fingerprint density at radius 1 is 1.22 bits per heavy atom. The average Bonchev–Trinajstić information content (AvgIpc) is 3.33. The lowest BCUT2D eigenvalue weighted by atomic mass is 10.1. The molecule has 0 saturated carbocycles. The maximum atomic E-state index is 12.9. The molecule has 0 radical (unpaired) electrons. The highest BCUT2D eigenvalue weighted by molar-refractivity contribution is 14.0. The van der Waals surface area contributed by atoms with Gasteiger partial charge in [-0.15, -0.1) is 29.1 Å². The molecule has 27 heavy (non-hydrogen) atoms. The smallest absolute Gasteiger partial charge is 0.216 e. The number of hydrogen-bond acceptors (Lipinski definition) is 4. The molecule has 3 rings (SSSR count). The van der Waals surface area contributed by atoms with Gasteiger partial charge in [-0.25, -0.2) is 14.4 Å². The van der Waals surface area contributed by atoms with Gasteiger partial charge in [-0.2, -0.15) is 0 Å². The number of hydrogen-bond donors (Lipinski definition) is 3. The summed E-state index contributed by atoms with van der Waals surface area (Å²) in [4.78, 5) is 8.86. The molecule has 0 aliphatic carbocycles. The molecule has 0 unspecified atom stereocenters. The molecule has 0 aliphatic rings. The van der Waals surface area contributed by atoms with E-state index in [1.165, 1.54) is 12.1 Å². The van der Waals surface area contributed by atoms with E-state index in [4.69, 9.17) is 4.42 Å². The number of aromatic nitrogens is 3. The molecule has 2 aromatic heterocycles. The monoisotopic (exact) mass is 484 g/mol.